The van der Waals surface area contributed by atoms with Crippen molar-refractivity contribution in [1.82, 2.24) is 5.16 Å². The smallest absolute Gasteiger partial charge is 0.238 e. The van der Waals surface area contributed by atoms with Crippen molar-refractivity contribution < 1.29 is 23.2 Å². The number of amides is 2. The topological polar surface area (TPSA) is 93.5 Å². The molecule has 3 rings (SSSR count). The molecule has 162 valence electrons. The van der Waals surface area contributed by atoms with E-state index in [9.17, 15) is 14.0 Å². The number of halogens is 1. The molecule has 0 fully saturated rings. The highest BCUT2D eigenvalue weighted by molar-refractivity contribution is 8.01. The summed E-state index contributed by atoms with van der Waals surface area (Å²) in [7, 11) is 0. The molecule has 3 aromatic rings. The van der Waals surface area contributed by atoms with E-state index < -0.39 is 5.25 Å². The van der Waals surface area contributed by atoms with E-state index in [2.05, 4.69) is 15.8 Å². The third-order valence-electron chi connectivity index (χ3n) is 4.15. The summed E-state index contributed by atoms with van der Waals surface area (Å²) in [5.41, 5.74) is 1.41. The Morgan fingerprint density at radius 2 is 1.94 bits per heavy atom. The molecule has 1 unspecified atom stereocenters. The van der Waals surface area contributed by atoms with Gasteiger partial charge in [0.25, 0.3) is 0 Å². The lowest BCUT2D eigenvalue weighted by atomic mass is 10.2. The van der Waals surface area contributed by atoms with Gasteiger partial charge in [0.05, 0.1) is 11.0 Å². The number of ether oxygens (including phenoxy) is 1. The summed E-state index contributed by atoms with van der Waals surface area (Å²) in [5.74, 6) is 0.819. The number of aromatic nitrogens is 1. The number of aryl methyl sites for hydroxylation is 1. The number of nitrogens with one attached hydrogen (secondary N) is 2. The Hall–Kier alpha value is -3.33. The van der Waals surface area contributed by atoms with Gasteiger partial charge in [0.1, 0.15) is 23.9 Å². The molecule has 9 heteroatoms. The molecule has 0 spiro atoms. The number of nitrogens with zero attached hydrogens (tertiary/aromatic N) is 1. The van der Waals surface area contributed by atoms with E-state index in [0.29, 0.717) is 23.0 Å². The molecule has 0 radical (unpaired) electrons. The van der Waals surface area contributed by atoms with Crippen LogP contribution in [0.15, 0.2) is 59.1 Å². The Labute approximate surface area is 183 Å². The van der Waals surface area contributed by atoms with Crippen molar-refractivity contribution in [1.29, 1.82) is 0 Å². The van der Waals surface area contributed by atoms with Crippen LogP contribution in [0.1, 0.15) is 18.2 Å². The number of carbonyl (C=O) groups excluding carboxylic acids is 2. The lowest BCUT2D eigenvalue weighted by molar-refractivity contribution is -0.115. The highest BCUT2D eigenvalue weighted by Crippen LogP contribution is 2.20. The number of hydrogen-bond acceptors (Lipinski definition) is 6. The zero-order valence-electron chi connectivity index (χ0n) is 17.1. The fraction of sp³-hybridized carbons (Fsp3) is 0.227. The number of anilines is 2. The molecule has 0 aliphatic heterocycles. The van der Waals surface area contributed by atoms with Gasteiger partial charge in [-0.1, -0.05) is 23.4 Å². The predicted octanol–water partition coefficient (Wildman–Crippen LogP) is 4.40. The summed E-state index contributed by atoms with van der Waals surface area (Å²) in [5, 5.41) is 8.69. The molecular formula is C22H22FN3O4S. The predicted molar refractivity (Wildman–Crippen MR) is 118 cm³/mol. The summed E-state index contributed by atoms with van der Waals surface area (Å²) in [6.07, 6.45) is 0. The normalized spacial score (nSPS) is 11.6. The molecule has 1 heterocycles. The van der Waals surface area contributed by atoms with Crippen LogP contribution in [0.5, 0.6) is 5.75 Å². The summed E-state index contributed by atoms with van der Waals surface area (Å²) >= 11 is 1.21. The Kier molecular flexibility index (Phi) is 7.66. The molecule has 2 aromatic carbocycles. The van der Waals surface area contributed by atoms with Crippen LogP contribution in [0.4, 0.5) is 15.9 Å². The zero-order chi connectivity index (χ0) is 22.2. The second kappa shape index (κ2) is 10.6. The molecule has 0 aliphatic carbocycles. The van der Waals surface area contributed by atoms with E-state index in [-0.39, 0.29) is 30.0 Å². The van der Waals surface area contributed by atoms with Gasteiger partial charge >= 0.3 is 0 Å². The Morgan fingerprint density at radius 1 is 1.16 bits per heavy atom. The first kappa shape index (κ1) is 22.4. The minimum atomic E-state index is -0.451. The Balaban J connectivity index is 1.44. The number of rotatable bonds is 9. The molecule has 7 nitrogen and oxygen atoms in total. The first-order valence-electron chi connectivity index (χ1n) is 9.52. The van der Waals surface area contributed by atoms with Crippen molar-refractivity contribution in [3.63, 3.8) is 0 Å². The average Bonchev–Trinajstić information content (AvgIpc) is 3.16. The molecule has 2 N–H and O–H groups in total. The molecule has 2 amide bonds. The second-order valence-electron chi connectivity index (χ2n) is 6.76. The number of carbonyl (C=O) groups is 2. The van der Waals surface area contributed by atoms with Gasteiger partial charge in [-0.2, -0.15) is 0 Å². The third kappa shape index (κ3) is 7.14. The number of thioether (sulfide) groups is 1. The van der Waals surface area contributed by atoms with Crippen LogP contribution in [0, 0.1) is 12.7 Å². The van der Waals surface area contributed by atoms with Crippen molar-refractivity contribution in [2.45, 2.75) is 25.7 Å². The van der Waals surface area contributed by atoms with Crippen molar-refractivity contribution >= 4 is 35.1 Å². The van der Waals surface area contributed by atoms with Gasteiger partial charge in [0.15, 0.2) is 5.82 Å². The average molecular weight is 444 g/mol. The van der Waals surface area contributed by atoms with Gasteiger partial charge in [-0.25, -0.2) is 4.39 Å². The van der Waals surface area contributed by atoms with Gasteiger partial charge in [-0.15, -0.1) is 11.8 Å². The van der Waals surface area contributed by atoms with E-state index in [0.717, 1.165) is 5.56 Å². The maximum Gasteiger partial charge on any atom is 0.238 e. The standard InChI is InChI=1S/C22H22FN3O4S/c1-14-10-20(26-30-14)25-22(28)15(2)31-13-21(27)24-18-4-3-5-19(11-18)29-12-16-6-8-17(23)9-7-16/h3-11,15H,12-13H2,1-2H3,(H,24,27)(H,25,26,28). The molecule has 0 saturated carbocycles. The van der Waals surface area contributed by atoms with Crippen LogP contribution in [0.25, 0.3) is 0 Å². The van der Waals surface area contributed by atoms with Crippen LogP contribution in [-0.2, 0) is 16.2 Å². The maximum atomic E-state index is 13.0. The Bertz CT molecular complexity index is 1040. The zero-order valence-corrected chi connectivity index (χ0v) is 17.9. The molecular weight excluding hydrogens is 421 g/mol. The molecule has 1 aromatic heterocycles. The van der Waals surface area contributed by atoms with Crippen LogP contribution < -0.4 is 15.4 Å². The highest BCUT2D eigenvalue weighted by Gasteiger charge is 2.17. The fourth-order valence-corrected chi connectivity index (χ4v) is 3.22. The minimum Gasteiger partial charge on any atom is -0.489 e. The summed E-state index contributed by atoms with van der Waals surface area (Å²) < 4.78 is 23.6. The van der Waals surface area contributed by atoms with Crippen molar-refractivity contribution in [2.24, 2.45) is 0 Å². The van der Waals surface area contributed by atoms with E-state index in [4.69, 9.17) is 9.26 Å². The van der Waals surface area contributed by atoms with E-state index in [1.807, 2.05) is 0 Å². The summed E-state index contributed by atoms with van der Waals surface area (Å²) in [6, 6.07) is 14.7. The monoisotopic (exact) mass is 443 g/mol. The second-order valence-corrected chi connectivity index (χ2v) is 8.09. The first-order chi connectivity index (χ1) is 14.9. The highest BCUT2D eigenvalue weighted by atomic mass is 32.2. The maximum absolute atomic E-state index is 13.0. The molecule has 0 saturated heterocycles. The molecule has 0 bridgehead atoms. The SMILES string of the molecule is Cc1cc(NC(=O)C(C)SCC(=O)Nc2cccc(OCc3ccc(F)cc3)c2)no1. The van der Waals surface area contributed by atoms with Crippen LogP contribution in [0.3, 0.4) is 0 Å². The molecule has 1 atom stereocenters. The number of hydrogen-bond donors (Lipinski definition) is 2. The van der Waals surface area contributed by atoms with Crippen LogP contribution >= 0.6 is 11.8 Å². The third-order valence-corrected chi connectivity index (χ3v) is 5.29. The number of benzene rings is 2. The fourth-order valence-electron chi connectivity index (χ4n) is 2.54. The van der Waals surface area contributed by atoms with Crippen molar-refractivity contribution in [3.8, 4) is 5.75 Å². The van der Waals surface area contributed by atoms with Crippen molar-refractivity contribution in [3.05, 3.63) is 71.7 Å². The van der Waals surface area contributed by atoms with Gasteiger partial charge in [0.2, 0.25) is 11.8 Å². The molecule has 0 aliphatic rings. The van der Waals surface area contributed by atoms with E-state index >= 15 is 0 Å². The van der Waals surface area contributed by atoms with Crippen LogP contribution in [0.2, 0.25) is 0 Å². The van der Waals surface area contributed by atoms with Gasteiger partial charge in [-0.3, -0.25) is 9.59 Å². The lowest BCUT2D eigenvalue weighted by Crippen LogP contribution is -2.25. The van der Waals surface area contributed by atoms with Crippen molar-refractivity contribution in [2.75, 3.05) is 16.4 Å². The van der Waals surface area contributed by atoms with E-state index in [1.54, 1.807) is 56.3 Å². The van der Waals surface area contributed by atoms with Gasteiger partial charge in [-0.05, 0) is 43.7 Å². The first-order valence-corrected chi connectivity index (χ1v) is 10.6. The summed E-state index contributed by atoms with van der Waals surface area (Å²) in [6.45, 7) is 3.73. The van der Waals surface area contributed by atoms with Gasteiger partial charge in [0, 0.05) is 17.8 Å². The van der Waals surface area contributed by atoms with Gasteiger partial charge < -0.3 is 19.9 Å². The van der Waals surface area contributed by atoms with Crippen LogP contribution in [-0.4, -0.2) is 28.0 Å². The summed E-state index contributed by atoms with van der Waals surface area (Å²) in [4.78, 5) is 24.4. The largest absolute Gasteiger partial charge is 0.489 e. The van der Waals surface area contributed by atoms with E-state index in [1.165, 1.54) is 23.9 Å². The quantitative estimate of drug-likeness (QED) is 0.509. The Morgan fingerprint density at radius 3 is 2.65 bits per heavy atom. The molecule has 31 heavy (non-hydrogen) atoms. The lowest BCUT2D eigenvalue weighted by Gasteiger charge is -2.11. The minimum absolute atomic E-state index is 0.104.